The fourth-order valence-corrected chi connectivity index (χ4v) is 2.67. The number of anilines is 1. The van der Waals surface area contributed by atoms with Crippen molar-refractivity contribution in [2.24, 2.45) is 5.73 Å². The van der Waals surface area contributed by atoms with Gasteiger partial charge in [0.15, 0.2) is 0 Å². The number of hydrogen-bond donors (Lipinski definition) is 3. The van der Waals surface area contributed by atoms with Crippen LogP contribution in [0.25, 0.3) is 0 Å². The summed E-state index contributed by atoms with van der Waals surface area (Å²) in [5.74, 6) is -0.302. The third-order valence-electron chi connectivity index (χ3n) is 3.92. The molecule has 1 aliphatic rings. The third-order valence-corrected chi connectivity index (χ3v) is 3.92. The molecule has 0 atom stereocenters. The van der Waals surface area contributed by atoms with Crippen LogP contribution in [0.2, 0.25) is 0 Å². The predicted molar refractivity (Wildman–Crippen MR) is 83.1 cm³/mol. The standard InChI is InChI=1S/C16H23N3O2/c1-2-18-14(20)12-7-6-8-13(11-12)19-15(21)16(17)9-4-3-5-10-16/h6-8,11H,2-5,9-10,17H2,1H3,(H,18,20)(H,19,21). The van der Waals surface area contributed by atoms with E-state index in [-0.39, 0.29) is 11.8 Å². The molecule has 114 valence electrons. The van der Waals surface area contributed by atoms with Gasteiger partial charge < -0.3 is 16.4 Å². The van der Waals surface area contributed by atoms with Crippen LogP contribution in [-0.2, 0) is 4.79 Å². The SMILES string of the molecule is CCNC(=O)c1cccc(NC(=O)C2(N)CCCCC2)c1. The number of carbonyl (C=O) groups excluding carboxylic acids is 2. The van der Waals surface area contributed by atoms with Gasteiger partial charge in [-0.3, -0.25) is 9.59 Å². The van der Waals surface area contributed by atoms with E-state index in [2.05, 4.69) is 10.6 Å². The number of nitrogens with one attached hydrogen (secondary N) is 2. The number of nitrogens with two attached hydrogens (primary N) is 1. The monoisotopic (exact) mass is 289 g/mol. The fraction of sp³-hybridized carbons (Fsp3) is 0.500. The van der Waals surface area contributed by atoms with Crippen LogP contribution >= 0.6 is 0 Å². The van der Waals surface area contributed by atoms with Gasteiger partial charge in [-0.05, 0) is 38.0 Å². The Morgan fingerprint density at radius 3 is 2.62 bits per heavy atom. The molecule has 1 aromatic rings. The largest absolute Gasteiger partial charge is 0.352 e. The Hall–Kier alpha value is -1.88. The van der Waals surface area contributed by atoms with Crippen LogP contribution in [0.3, 0.4) is 0 Å². The van der Waals surface area contributed by atoms with Gasteiger partial charge in [-0.2, -0.15) is 0 Å². The van der Waals surface area contributed by atoms with Crippen molar-refractivity contribution in [1.82, 2.24) is 5.32 Å². The second kappa shape index (κ2) is 6.72. The summed E-state index contributed by atoms with van der Waals surface area (Å²) in [6, 6.07) is 6.92. The number of hydrogen-bond acceptors (Lipinski definition) is 3. The molecule has 0 unspecified atom stereocenters. The number of rotatable bonds is 4. The molecular weight excluding hydrogens is 266 g/mol. The smallest absolute Gasteiger partial charge is 0.251 e. The zero-order valence-electron chi connectivity index (χ0n) is 12.4. The highest BCUT2D eigenvalue weighted by atomic mass is 16.2. The van der Waals surface area contributed by atoms with Crippen molar-refractivity contribution < 1.29 is 9.59 Å². The lowest BCUT2D eigenvalue weighted by atomic mass is 9.82. The summed E-state index contributed by atoms with van der Waals surface area (Å²) >= 11 is 0. The summed E-state index contributed by atoms with van der Waals surface area (Å²) in [4.78, 5) is 24.2. The second-order valence-corrected chi connectivity index (χ2v) is 5.61. The first-order valence-electron chi connectivity index (χ1n) is 7.54. The molecule has 0 radical (unpaired) electrons. The molecule has 4 N–H and O–H groups in total. The molecule has 0 heterocycles. The van der Waals surface area contributed by atoms with E-state index < -0.39 is 5.54 Å². The Morgan fingerprint density at radius 1 is 1.24 bits per heavy atom. The second-order valence-electron chi connectivity index (χ2n) is 5.61. The Balaban J connectivity index is 2.07. The molecule has 2 amide bonds. The van der Waals surface area contributed by atoms with E-state index in [1.807, 2.05) is 6.92 Å². The van der Waals surface area contributed by atoms with Crippen molar-refractivity contribution >= 4 is 17.5 Å². The van der Waals surface area contributed by atoms with Gasteiger partial charge in [0.1, 0.15) is 0 Å². The molecule has 1 saturated carbocycles. The molecule has 0 aliphatic heterocycles. The summed E-state index contributed by atoms with van der Waals surface area (Å²) in [5, 5.41) is 5.58. The Kier molecular flexibility index (Phi) is 4.96. The fourth-order valence-electron chi connectivity index (χ4n) is 2.67. The zero-order valence-corrected chi connectivity index (χ0v) is 12.4. The highest BCUT2D eigenvalue weighted by Crippen LogP contribution is 2.27. The van der Waals surface area contributed by atoms with E-state index in [0.717, 1.165) is 32.1 Å². The van der Waals surface area contributed by atoms with Crippen LogP contribution in [-0.4, -0.2) is 23.9 Å². The van der Waals surface area contributed by atoms with Crippen molar-refractivity contribution in [2.75, 3.05) is 11.9 Å². The van der Waals surface area contributed by atoms with E-state index in [0.29, 0.717) is 17.8 Å². The lowest BCUT2D eigenvalue weighted by Crippen LogP contribution is -2.52. The zero-order chi connectivity index (χ0) is 15.3. The summed E-state index contributed by atoms with van der Waals surface area (Å²) in [5.41, 5.74) is 6.57. The Bertz CT molecular complexity index is 522. The van der Waals surface area contributed by atoms with Gasteiger partial charge in [0, 0.05) is 17.8 Å². The summed E-state index contributed by atoms with van der Waals surface area (Å²) < 4.78 is 0. The average molecular weight is 289 g/mol. The lowest BCUT2D eigenvalue weighted by molar-refractivity contribution is -0.122. The topological polar surface area (TPSA) is 84.2 Å². The van der Waals surface area contributed by atoms with Crippen LogP contribution < -0.4 is 16.4 Å². The van der Waals surface area contributed by atoms with Crippen molar-refractivity contribution in [1.29, 1.82) is 0 Å². The van der Waals surface area contributed by atoms with Crippen molar-refractivity contribution in [2.45, 2.75) is 44.6 Å². The molecular formula is C16H23N3O2. The van der Waals surface area contributed by atoms with Crippen LogP contribution in [0, 0.1) is 0 Å². The first kappa shape index (κ1) is 15.5. The minimum absolute atomic E-state index is 0.145. The van der Waals surface area contributed by atoms with E-state index >= 15 is 0 Å². The molecule has 0 bridgehead atoms. The molecule has 0 aromatic heterocycles. The summed E-state index contributed by atoms with van der Waals surface area (Å²) in [6.07, 6.45) is 4.55. The van der Waals surface area contributed by atoms with Gasteiger partial charge in [-0.1, -0.05) is 25.3 Å². The Morgan fingerprint density at radius 2 is 1.95 bits per heavy atom. The summed E-state index contributed by atoms with van der Waals surface area (Å²) in [6.45, 7) is 2.44. The van der Waals surface area contributed by atoms with Gasteiger partial charge in [0.05, 0.1) is 5.54 Å². The highest BCUT2D eigenvalue weighted by Gasteiger charge is 2.35. The van der Waals surface area contributed by atoms with E-state index in [9.17, 15) is 9.59 Å². The van der Waals surface area contributed by atoms with Crippen molar-refractivity contribution in [3.05, 3.63) is 29.8 Å². The molecule has 5 heteroatoms. The molecule has 1 aliphatic carbocycles. The molecule has 5 nitrogen and oxygen atoms in total. The highest BCUT2D eigenvalue weighted by molar-refractivity contribution is 6.00. The first-order valence-corrected chi connectivity index (χ1v) is 7.54. The molecule has 2 rings (SSSR count). The van der Waals surface area contributed by atoms with Gasteiger partial charge in [-0.25, -0.2) is 0 Å². The van der Waals surface area contributed by atoms with Gasteiger partial charge in [0.2, 0.25) is 5.91 Å². The minimum Gasteiger partial charge on any atom is -0.352 e. The maximum atomic E-state index is 12.4. The predicted octanol–water partition coefficient (Wildman–Crippen LogP) is 2.04. The first-order chi connectivity index (χ1) is 10.0. The average Bonchev–Trinajstić information content (AvgIpc) is 2.48. The molecule has 1 fully saturated rings. The van der Waals surface area contributed by atoms with Crippen molar-refractivity contribution in [3.63, 3.8) is 0 Å². The minimum atomic E-state index is -0.778. The molecule has 0 saturated heterocycles. The normalized spacial score (nSPS) is 17.0. The third kappa shape index (κ3) is 3.82. The Labute approximate surface area is 125 Å². The van der Waals surface area contributed by atoms with Gasteiger partial charge in [0.25, 0.3) is 5.91 Å². The van der Waals surface area contributed by atoms with E-state index in [4.69, 9.17) is 5.73 Å². The van der Waals surface area contributed by atoms with E-state index in [1.165, 1.54) is 0 Å². The van der Waals surface area contributed by atoms with Crippen LogP contribution in [0.4, 0.5) is 5.69 Å². The van der Waals surface area contributed by atoms with Crippen LogP contribution in [0.15, 0.2) is 24.3 Å². The number of amides is 2. The molecule has 0 spiro atoms. The van der Waals surface area contributed by atoms with E-state index in [1.54, 1.807) is 24.3 Å². The quantitative estimate of drug-likeness (QED) is 0.793. The number of benzene rings is 1. The van der Waals surface area contributed by atoms with Crippen molar-refractivity contribution in [3.8, 4) is 0 Å². The van der Waals surface area contributed by atoms with Crippen LogP contribution in [0.5, 0.6) is 0 Å². The van der Waals surface area contributed by atoms with Gasteiger partial charge >= 0.3 is 0 Å². The van der Waals surface area contributed by atoms with Crippen LogP contribution in [0.1, 0.15) is 49.4 Å². The molecule has 1 aromatic carbocycles. The number of carbonyl (C=O) groups is 2. The summed E-state index contributed by atoms with van der Waals surface area (Å²) in [7, 11) is 0. The lowest BCUT2D eigenvalue weighted by Gasteiger charge is -2.31. The maximum Gasteiger partial charge on any atom is 0.251 e. The maximum absolute atomic E-state index is 12.4. The molecule has 21 heavy (non-hydrogen) atoms. The van der Waals surface area contributed by atoms with Gasteiger partial charge in [-0.15, -0.1) is 0 Å².